The molecule has 4 rings (SSSR count). The van der Waals surface area contributed by atoms with E-state index in [2.05, 4.69) is 9.67 Å². The molecule has 0 radical (unpaired) electrons. The van der Waals surface area contributed by atoms with E-state index in [9.17, 15) is 9.59 Å². The van der Waals surface area contributed by atoms with Crippen LogP contribution in [-0.4, -0.2) is 45.4 Å². The van der Waals surface area contributed by atoms with E-state index in [1.54, 1.807) is 12.1 Å². The third kappa shape index (κ3) is 4.53. The maximum atomic E-state index is 12.7. The molecule has 0 saturated carbocycles. The van der Waals surface area contributed by atoms with Crippen molar-refractivity contribution in [3.8, 4) is 5.69 Å². The van der Waals surface area contributed by atoms with Crippen LogP contribution in [-0.2, 0) is 16.0 Å². The summed E-state index contributed by atoms with van der Waals surface area (Å²) in [5.74, 6) is -0.726. The number of aromatic nitrogens is 3. The van der Waals surface area contributed by atoms with Crippen LogP contribution in [0.1, 0.15) is 56.3 Å². The van der Waals surface area contributed by atoms with Crippen molar-refractivity contribution in [1.29, 1.82) is 0 Å². The van der Waals surface area contributed by atoms with Crippen molar-refractivity contribution in [2.45, 2.75) is 53.2 Å². The number of carbonyl (C=O) groups is 2. The summed E-state index contributed by atoms with van der Waals surface area (Å²) in [5.41, 5.74) is 5.68. The SMILES string of the molecule is Cc1cc(C)n(-c2ccc(C(=O)OCC(=O)c3cc(C)n(C[C@@H]4CCCO4)c3C)cc2)n1. The summed E-state index contributed by atoms with van der Waals surface area (Å²) in [6, 6.07) is 10.9. The molecular weight excluding hydrogens is 406 g/mol. The Kier molecular flexibility index (Phi) is 6.28. The van der Waals surface area contributed by atoms with Crippen molar-refractivity contribution in [1.82, 2.24) is 14.3 Å². The fourth-order valence-corrected chi connectivity index (χ4v) is 4.28. The number of rotatable bonds is 7. The quantitative estimate of drug-likeness (QED) is 0.412. The number of aryl methyl sites for hydroxylation is 3. The third-order valence-electron chi connectivity index (χ3n) is 5.98. The van der Waals surface area contributed by atoms with E-state index < -0.39 is 5.97 Å². The molecule has 0 spiro atoms. The zero-order valence-electron chi connectivity index (χ0n) is 19.1. The first-order valence-corrected chi connectivity index (χ1v) is 11.0. The maximum absolute atomic E-state index is 12.7. The van der Waals surface area contributed by atoms with Crippen molar-refractivity contribution in [2.24, 2.45) is 0 Å². The van der Waals surface area contributed by atoms with Gasteiger partial charge in [-0.3, -0.25) is 4.79 Å². The number of hydrogen-bond donors (Lipinski definition) is 0. The Hall–Kier alpha value is -3.19. The summed E-state index contributed by atoms with van der Waals surface area (Å²) in [6.07, 6.45) is 2.31. The van der Waals surface area contributed by atoms with Gasteiger partial charge in [-0.2, -0.15) is 5.10 Å². The predicted octanol–water partition coefficient (Wildman–Crippen LogP) is 4.13. The standard InChI is InChI=1S/C25H29N3O4/c1-16-12-18(3)28(26-16)21-9-7-20(8-10-21)25(30)32-15-24(29)23-13-17(2)27(19(23)4)14-22-6-5-11-31-22/h7-10,12-13,22H,5-6,11,14-15H2,1-4H3/t22-/m0/s1. The molecule has 1 fully saturated rings. The Bertz CT molecular complexity index is 1130. The molecule has 7 heteroatoms. The number of benzene rings is 1. The average Bonchev–Trinajstić information content (AvgIpc) is 3.48. The van der Waals surface area contributed by atoms with Crippen molar-refractivity contribution < 1.29 is 19.1 Å². The minimum absolute atomic E-state index is 0.193. The highest BCUT2D eigenvalue weighted by Gasteiger charge is 2.22. The summed E-state index contributed by atoms with van der Waals surface area (Å²) < 4.78 is 15.0. The van der Waals surface area contributed by atoms with Gasteiger partial charge < -0.3 is 14.0 Å². The number of carbonyl (C=O) groups excluding carboxylic acids is 2. The summed E-state index contributed by atoms with van der Waals surface area (Å²) in [5, 5.41) is 4.44. The van der Waals surface area contributed by atoms with Gasteiger partial charge in [-0.15, -0.1) is 0 Å². The molecule has 7 nitrogen and oxygen atoms in total. The highest BCUT2D eigenvalue weighted by atomic mass is 16.5. The van der Waals surface area contributed by atoms with Crippen molar-refractivity contribution in [3.05, 3.63) is 70.3 Å². The molecule has 168 valence electrons. The number of Topliss-reactive ketones (excluding diaryl/α,β-unsaturated/α-hetero) is 1. The van der Waals surface area contributed by atoms with Gasteiger partial charge in [0.05, 0.1) is 23.0 Å². The fraction of sp³-hybridized carbons (Fsp3) is 0.400. The van der Waals surface area contributed by atoms with Crippen LogP contribution in [0.4, 0.5) is 0 Å². The lowest BCUT2D eigenvalue weighted by Gasteiger charge is -2.14. The largest absolute Gasteiger partial charge is 0.454 e. The monoisotopic (exact) mass is 435 g/mol. The predicted molar refractivity (Wildman–Crippen MR) is 121 cm³/mol. The van der Waals surface area contributed by atoms with Crippen molar-refractivity contribution >= 4 is 11.8 Å². The molecule has 0 unspecified atom stereocenters. The molecule has 0 aliphatic carbocycles. The first kappa shape index (κ1) is 22.0. The molecule has 1 aliphatic heterocycles. The topological polar surface area (TPSA) is 75.3 Å². The molecule has 0 N–H and O–H groups in total. The van der Waals surface area contributed by atoms with Crippen LogP contribution in [0, 0.1) is 27.7 Å². The zero-order valence-corrected chi connectivity index (χ0v) is 19.1. The minimum atomic E-state index is -0.522. The normalized spacial score (nSPS) is 15.8. The summed E-state index contributed by atoms with van der Waals surface area (Å²) in [4.78, 5) is 25.2. The van der Waals surface area contributed by atoms with Crippen LogP contribution in [0.3, 0.4) is 0 Å². The number of nitrogens with zero attached hydrogens (tertiary/aromatic N) is 3. The van der Waals surface area contributed by atoms with Crippen LogP contribution >= 0.6 is 0 Å². The second-order valence-corrected chi connectivity index (χ2v) is 8.42. The van der Waals surface area contributed by atoms with E-state index in [1.807, 2.05) is 56.6 Å². The zero-order chi connectivity index (χ0) is 22.8. The number of hydrogen-bond acceptors (Lipinski definition) is 5. The lowest BCUT2D eigenvalue weighted by Crippen LogP contribution is -2.18. The summed E-state index contributed by atoms with van der Waals surface area (Å²) >= 11 is 0. The average molecular weight is 436 g/mol. The van der Waals surface area contributed by atoms with Gasteiger partial charge in [0, 0.05) is 35.8 Å². The number of ether oxygens (including phenoxy) is 2. The summed E-state index contributed by atoms with van der Waals surface area (Å²) in [7, 11) is 0. The highest BCUT2D eigenvalue weighted by Crippen LogP contribution is 2.21. The molecule has 32 heavy (non-hydrogen) atoms. The Morgan fingerprint density at radius 2 is 1.84 bits per heavy atom. The van der Waals surface area contributed by atoms with Gasteiger partial charge in [-0.1, -0.05) is 0 Å². The van der Waals surface area contributed by atoms with Crippen LogP contribution in [0.5, 0.6) is 0 Å². The third-order valence-corrected chi connectivity index (χ3v) is 5.98. The van der Waals surface area contributed by atoms with Crippen molar-refractivity contribution in [3.63, 3.8) is 0 Å². The van der Waals surface area contributed by atoms with E-state index in [-0.39, 0.29) is 18.5 Å². The second-order valence-electron chi connectivity index (χ2n) is 8.42. The molecule has 1 atom stereocenters. The Labute approximate surface area is 187 Å². The smallest absolute Gasteiger partial charge is 0.338 e. The molecule has 0 bridgehead atoms. The van der Waals surface area contributed by atoms with E-state index in [4.69, 9.17) is 9.47 Å². The van der Waals surface area contributed by atoms with Gasteiger partial charge in [0.15, 0.2) is 6.61 Å². The van der Waals surface area contributed by atoms with E-state index in [1.165, 1.54) is 0 Å². The lowest BCUT2D eigenvalue weighted by atomic mass is 10.1. The van der Waals surface area contributed by atoms with E-state index >= 15 is 0 Å². The minimum Gasteiger partial charge on any atom is -0.454 e. The van der Waals surface area contributed by atoms with Gasteiger partial charge in [0.25, 0.3) is 0 Å². The van der Waals surface area contributed by atoms with Crippen LogP contribution in [0.15, 0.2) is 36.4 Å². The van der Waals surface area contributed by atoms with Crippen LogP contribution in [0.25, 0.3) is 5.69 Å². The second kappa shape index (κ2) is 9.12. The van der Waals surface area contributed by atoms with Crippen molar-refractivity contribution in [2.75, 3.05) is 13.2 Å². The van der Waals surface area contributed by atoms with Gasteiger partial charge in [-0.05, 0) is 76.9 Å². The molecule has 2 aromatic heterocycles. The molecule has 0 amide bonds. The molecule has 3 aromatic rings. The number of ketones is 1. The van der Waals surface area contributed by atoms with E-state index in [0.717, 1.165) is 54.5 Å². The van der Waals surface area contributed by atoms with Crippen LogP contribution in [0.2, 0.25) is 0 Å². The first-order chi connectivity index (χ1) is 15.3. The summed E-state index contributed by atoms with van der Waals surface area (Å²) in [6.45, 7) is 9.07. The Balaban J connectivity index is 1.38. The molecule has 1 saturated heterocycles. The van der Waals surface area contributed by atoms with E-state index in [0.29, 0.717) is 11.1 Å². The first-order valence-electron chi connectivity index (χ1n) is 11.0. The highest BCUT2D eigenvalue weighted by molar-refractivity contribution is 6.00. The van der Waals surface area contributed by atoms with Crippen LogP contribution < -0.4 is 0 Å². The fourth-order valence-electron chi connectivity index (χ4n) is 4.28. The van der Waals surface area contributed by atoms with Gasteiger partial charge in [0.2, 0.25) is 5.78 Å². The molecule has 3 heterocycles. The molecule has 1 aliphatic rings. The number of esters is 1. The van der Waals surface area contributed by atoms with Gasteiger partial charge in [0.1, 0.15) is 0 Å². The van der Waals surface area contributed by atoms with Gasteiger partial charge >= 0.3 is 5.97 Å². The van der Waals surface area contributed by atoms with Gasteiger partial charge in [-0.25, -0.2) is 9.48 Å². The lowest BCUT2D eigenvalue weighted by molar-refractivity contribution is 0.0474. The Morgan fingerprint density at radius 3 is 2.47 bits per heavy atom. The maximum Gasteiger partial charge on any atom is 0.338 e. The molecular formula is C25H29N3O4. The molecule has 1 aromatic carbocycles. The Morgan fingerprint density at radius 1 is 1.09 bits per heavy atom.